The van der Waals surface area contributed by atoms with E-state index in [9.17, 15) is 0 Å². The molecule has 1 nitrogen and oxygen atoms in total. The highest BCUT2D eigenvalue weighted by molar-refractivity contribution is 6.30. The van der Waals surface area contributed by atoms with Crippen molar-refractivity contribution in [2.45, 2.75) is 19.8 Å². The molecule has 0 heterocycles. The molecular weight excluding hydrogens is 194 g/mol. The van der Waals surface area contributed by atoms with Crippen LogP contribution in [0.15, 0.2) is 24.3 Å². The second-order valence-electron chi connectivity index (χ2n) is 3.96. The predicted octanol–water partition coefficient (Wildman–Crippen LogP) is 3.30. The molecule has 0 radical (unpaired) electrons. The van der Waals surface area contributed by atoms with Crippen molar-refractivity contribution in [1.29, 1.82) is 0 Å². The van der Waals surface area contributed by atoms with Crippen LogP contribution in [0, 0.1) is 5.92 Å². The number of nitrogens with one attached hydrogen (secondary N) is 1. The Bertz CT molecular complexity index is 266. The van der Waals surface area contributed by atoms with Crippen molar-refractivity contribution in [3.63, 3.8) is 0 Å². The molecule has 2 heteroatoms. The molecular formula is C12H18ClN. The molecule has 0 aliphatic carbocycles. The highest BCUT2D eigenvalue weighted by Crippen LogP contribution is 2.24. The first kappa shape index (κ1) is 11.5. The van der Waals surface area contributed by atoms with Gasteiger partial charge in [-0.05, 0) is 36.6 Å². The van der Waals surface area contributed by atoms with Gasteiger partial charge in [0.2, 0.25) is 0 Å². The predicted molar refractivity (Wildman–Crippen MR) is 63.0 cm³/mol. The summed E-state index contributed by atoms with van der Waals surface area (Å²) < 4.78 is 0. The summed E-state index contributed by atoms with van der Waals surface area (Å²) in [6.45, 7) is 5.51. The summed E-state index contributed by atoms with van der Waals surface area (Å²) in [5.41, 5.74) is 1.36. The van der Waals surface area contributed by atoms with Crippen molar-refractivity contribution < 1.29 is 0 Å². The Balaban J connectivity index is 2.82. The first-order valence-corrected chi connectivity index (χ1v) is 5.43. The maximum atomic E-state index is 5.86. The van der Waals surface area contributed by atoms with E-state index >= 15 is 0 Å². The minimum absolute atomic E-state index is 0.567. The molecule has 0 spiro atoms. The van der Waals surface area contributed by atoms with Crippen LogP contribution in [-0.4, -0.2) is 13.6 Å². The number of halogens is 1. The van der Waals surface area contributed by atoms with Gasteiger partial charge in [-0.3, -0.25) is 0 Å². The van der Waals surface area contributed by atoms with Crippen LogP contribution in [0.1, 0.15) is 25.3 Å². The lowest BCUT2D eigenvalue weighted by Crippen LogP contribution is -2.21. The van der Waals surface area contributed by atoms with Gasteiger partial charge in [-0.15, -0.1) is 0 Å². The van der Waals surface area contributed by atoms with Gasteiger partial charge in [-0.2, -0.15) is 0 Å². The van der Waals surface area contributed by atoms with Gasteiger partial charge in [-0.1, -0.05) is 37.6 Å². The van der Waals surface area contributed by atoms with Crippen LogP contribution >= 0.6 is 11.6 Å². The molecule has 0 bridgehead atoms. The smallest absolute Gasteiger partial charge is 0.0406 e. The van der Waals surface area contributed by atoms with E-state index in [-0.39, 0.29) is 0 Å². The van der Waals surface area contributed by atoms with Crippen LogP contribution in [-0.2, 0) is 0 Å². The molecule has 0 amide bonds. The molecule has 0 aliphatic rings. The van der Waals surface area contributed by atoms with Gasteiger partial charge < -0.3 is 5.32 Å². The summed E-state index contributed by atoms with van der Waals surface area (Å²) in [5, 5.41) is 4.04. The Hall–Kier alpha value is -0.530. The van der Waals surface area contributed by atoms with E-state index in [4.69, 9.17) is 11.6 Å². The second-order valence-corrected chi connectivity index (χ2v) is 4.40. The highest BCUT2D eigenvalue weighted by Gasteiger charge is 2.14. The Morgan fingerprint density at radius 1 is 1.21 bits per heavy atom. The van der Waals surface area contributed by atoms with Crippen LogP contribution in [0.5, 0.6) is 0 Å². The van der Waals surface area contributed by atoms with Crippen LogP contribution < -0.4 is 5.32 Å². The summed E-state index contributed by atoms with van der Waals surface area (Å²) in [7, 11) is 1.99. The van der Waals surface area contributed by atoms with Crippen LogP contribution in [0.4, 0.5) is 0 Å². The van der Waals surface area contributed by atoms with Crippen molar-refractivity contribution in [1.82, 2.24) is 5.32 Å². The standard InChI is InChI=1S/C12H18ClN/c1-9(2)12(8-14-3)10-4-6-11(13)7-5-10/h4-7,9,12,14H,8H2,1-3H3. The fraction of sp³-hybridized carbons (Fsp3) is 0.500. The average molecular weight is 212 g/mol. The van der Waals surface area contributed by atoms with Gasteiger partial charge in [-0.25, -0.2) is 0 Å². The van der Waals surface area contributed by atoms with E-state index in [1.165, 1.54) is 5.56 Å². The van der Waals surface area contributed by atoms with Crippen molar-refractivity contribution in [3.05, 3.63) is 34.9 Å². The van der Waals surface area contributed by atoms with Crippen LogP contribution in [0.25, 0.3) is 0 Å². The van der Waals surface area contributed by atoms with Crippen molar-refractivity contribution in [2.24, 2.45) is 5.92 Å². The number of rotatable bonds is 4. The van der Waals surface area contributed by atoms with E-state index in [0.717, 1.165) is 11.6 Å². The number of hydrogen-bond donors (Lipinski definition) is 1. The lowest BCUT2D eigenvalue weighted by molar-refractivity contribution is 0.478. The molecule has 0 aromatic heterocycles. The third-order valence-corrected chi connectivity index (χ3v) is 2.78. The highest BCUT2D eigenvalue weighted by atomic mass is 35.5. The molecule has 1 rings (SSSR count). The molecule has 1 N–H and O–H groups in total. The van der Waals surface area contributed by atoms with Gasteiger partial charge in [0.15, 0.2) is 0 Å². The molecule has 1 unspecified atom stereocenters. The monoisotopic (exact) mass is 211 g/mol. The lowest BCUT2D eigenvalue weighted by atomic mass is 9.88. The molecule has 78 valence electrons. The lowest BCUT2D eigenvalue weighted by Gasteiger charge is -2.20. The maximum Gasteiger partial charge on any atom is 0.0406 e. The maximum absolute atomic E-state index is 5.86. The van der Waals surface area contributed by atoms with Crippen molar-refractivity contribution >= 4 is 11.6 Å². The normalized spacial score (nSPS) is 13.2. The van der Waals surface area contributed by atoms with Gasteiger partial charge in [0.05, 0.1) is 0 Å². The van der Waals surface area contributed by atoms with Gasteiger partial charge >= 0.3 is 0 Å². The summed E-state index contributed by atoms with van der Waals surface area (Å²) in [6, 6.07) is 8.15. The fourth-order valence-corrected chi connectivity index (χ4v) is 1.79. The summed E-state index contributed by atoms with van der Waals surface area (Å²) >= 11 is 5.86. The number of hydrogen-bond acceptors (Lipinski definition) is 1. The summed E-state index contributed by atoms with van der Waals surface area (Å²) in [5.74, 6) is 1.21. The van der Waals surface area contributed by atoms with E-state index < -0.39 is 0 Å². The number of benzene rings is 1. The van der Waals surface area contributed by atoms with Crippen LogP contribution in [0.3, 0.4) is 0 Å². The largest absolute Gasteiger partial charge is 0.319 e. The van der Waals surface area contributed by atoms with E-state index in [1.807, 2.05) is 19.2 Å². The molecule has 0 fully saturated rings. The zero-order chi connectivity index (χ0) is 10.6. The molecule has 0 aliphatic heterocycles. The average Bonchev–Trinajstić information content (AvgIpc) is 2.15. The Morgan fingerprint density at radius 3 is 2.21 bits per heavy atom. The molecule has 1 atom stereocenters. The first-order chi connectivity index (χ1) is 6.65. The van der Waals surface area contributed by atoms with E-state index in [2.05, 4.69) is 31.3 Å². The number of likely N-dealkylation sites (N-methyl/N-ethyl adjacent to an activating group) is 1. The Labute approximate surface area is 91.5 Å². The van der Waals surface area contributed by atoms with Crippen molar-refractivity contribution in [2.75, 3.05) is 13.6 Å². The molecule has 14 heavy (non-hydrogen) atoms. The van der Waals surface area contributed by atoms with Gasteiger partial charge in [0.25, 0.3) is 0 Å². The van der Waals surface area contributed by atoms with Gasteiger partial charge in [0, 0.05) is 11.6 Å². The zero-order valence-corrected chi connectivity index (χ0v) is 9.81. The molecule has 0 saturated carbocycles. The quantitative estimate of drug-likeness (QED) is 0.806. The molecule has 1 aromatic rings. The van der Waals surface area contributed by atoms with Crippen molar-refractivity contribution in [3.8, 4) is 0 Å². The second kappa shape index (κ2) is 5.38. The molecule has 0 saturated heterocycles. The van der Waals surface area contributed by atoms with E-state index in [1.54, 1.807) is 0 Å². The first-order valence-electron chi connectivity index (χ1n) is 5.05. The van der Waals surface area contributed by atoms with Crippen LogP contribution in [0.2, 0.25) is 5.02 Å². The summed E-state index contributed by atoms with van der Waals surface area (Å²) in [6.07, 6.45) is 0. The Kier molecular flexibility index (Phi) is 4.43. The van der Waals surface area contributed by atoms with E-state index in [0.29, 0.717) is 11.8 Å². The third-order valence-electron chi connectivity index (χ3n) is 2.53. The Morgan fingerprint density at radius 2 is 1.79 bits per heavy atom. The topological polar surface area (TPSA) is 12.0 Å². The van der Waals surface area contributed by atoms with Gasteiger partial charge in [0.1, 0.15) is 0 Å². The minimum Gasteiger partial charge on any atom is -0.319 e. The minimum atomic E-state index is 0.567. The summed E-state index contributed by atoms with van der Waals surface area (Å²) in [4.78, 5) is 0. The third kappa shape index (κ3) is 3.00. The fourth-order valence-electron chi connectivity index (χ4n) is 1.67. The zero-order valence-electron chi connectivity index (χ0n) is 9.05. The SMILES string of the molecule is CNCC(c1ccc(Cl)cc1)C(C)C. The molecule has 1 aromatic carbocycles.